The number of hydrogen-bond acceptors (Lipinski definition) is 4. The molecule has 0 bridgehead atoms. The predicted molar refractivity (Wildman–Crippen MR) is 91.6 cm³/mol. The zero-order valence-corrected chi connectivity index (χ0v) is 13.4. The zero-order valence-electron chi connectivity index (χ0n) is 11.8. The van der Waals surface area contributed by atoms with E-state index in [1.807, 2.05) is 30.3 Å². The summed E-state index contributed by atoms with van der Waals surface area (Å²) < 4.78 is 0. The Kier molecular flexibility index (Phi) is 4.51. The lowest BCUT2D eigenvalue weighted by Gasteiger charge is -2.05. The molecule has 3 rings (SSSR count). The number of H-pyrrole nitrogens is 1. The molecule has 0 aliphatic heterocycles. The van der Waals surface area contributed by atoms with Crippen LogP contribution < -0.4 is 5.32 Å². The molecule has 114 valence electrons. The molecule has 1 aromatic heterocycles. The van der Waals surface area contributed by atoms with E-state index in [0.717, 1.165) is 11.0 Å². The van der Waals surface area contributed by atoms with Crippen LogP contribution >= 0.6 is 23.4 Å². The van der Waals surface area contributed by atoms with E-state index in [2.05, 4.69) is 15.3 Å². The number of imidazole rings is 1. The van der Waals surface area contributed by atoms with E-state index < -0.39 is 0 Å². The Balaban J connectivity index is 1.61. The minimum absolute atomic E-state index is 0.170. The van der Waals surface area contributed by atoms with Gasteiger partial charge in [0.05, 0.1) is 27.4 Å². The van der Waals surface area contributed by atoms with Gasteiger partial charge in [-0.3, -0.25) is 4.79 Å². The van der Waals surface area contributed by atoms with Crippen molar-refractivity contribution >= 4 is 46.0 Å². The van der Waals surface area contributed by atoms with E-state index in [0.29, 0.717) is 21.4 Å². The molecule has 3 aromatic rings. The molecule has 0 aliphatic carbocycles. The van der Waals surface area contributed by atoms with Gasteiger partial charge in [-0.2, -0.15) is 5.26 Å². The first-order valence-electron chi connectivity index (χ1n) is 6.73. The lowest BCUT2D eigenvalue weighted by atomic mass is 10.2. The largest absolute Gasteiger partial charge is 0.333 e. The number of thioether (sulfide) groups is 1. The molecule has 0 aliphatic rings. The molecule has 5 nitrogen and oxygen atoms in total. The van der Waals surface area contributed by atoms with Gasteiger partial charge in [0.25, 0.3) is 0 Å². The van der Waals surface area contributed by atoms with Crippen LogP contribution in [0.3, 0.4) is 0 Å². The molecule has 0 saturated heterocycles. The first-order valence-corrected chi connectivity index (χ1v) is 8.09. The highest BCUT2D eigenvalue weighted by atomic mass is 35.5. The number of para-hydroxylation sites is 2. The van der Waals surface area contributed by atoms with Gasteiger partial charge in [0, 0.05) is 5.69 Å². The molecule has 0 spiro atoms. The highest BCUT2D eigenvalue weighted by Crippen LogP contribution is 2.22. The third kappa shape index (κ3) is 3.65. The van der Waals surface area contributed by atoms with E-state index in [1.165, 1.54) is 11.8 Å². The predicted octanol–water partition coefficient (Wildman–Crippen LogP) is 3.82. The second-order valence-corrected chi connectivity index (χ2v) is 6.07. The maximum absolute atomic E-state index is 12.0. The number of carbonyl (C=O) groups is 1. The van der Waals surface area contributed by atoms with Crippen molar-refractivity contribution < 1.29 is 4.79 Å². The van der Waals surface area contributed by atoms with Crippen molar-refractivity contribution in [2.75, 3.05) is 11.1 Å². The van der Waals surface area contributed by atoms with Crippen molar-refractivity contribution in [3.63, 3.8) is 0 Å². The number of nitrogens with one attached hydrogen (secondary N) is 2. The Hall–Kier alpha value is -2.49. The Morgan fingerprint density at radius 2 is 2.17 bits per heavy atom. The minimum atomic E-state index is -0.170. The van der Waals surface area contributed by atoms with Crippen LogP contribution in [0.1, 0.15) is 5.56 Å². The number of fused-ring (bicyclic) bond motifs is 1. The monoisotopic (exact) mass is 342 g/mol. The van der Waals surface area contributed by atoms with Crippen molar-refractivity contribution in [2.24, 2.45) is 0 Å². The van der Waals surface area contributed by atoms with E-state index in [-0.39, 0.29) is 11.7 Å². The summed E-state index contributed by atoms with van der Waals surface area (Å²) >= 11 is 7.26. The molecule has 0 atom stereocenters. The van der Waals surface area contributed by atoms with E-state index in [9.17, 15) is 4.79 Å². The SMILES string of the molecule is N#Cc1ccc(NC(=O)CSc2nc3ccccc3[nH]2)cc1Cl. The van der Waals surface area contributed by atoms with Gasteiger partial charge in [-0.1, -0.05) is 35.5 Å². The number of aromatic nitrogens is 2. The van der Waals surface area contributed by atoms with Gasteiger partial charge in [-0.25, -0.2) is 4.98 Å². The Morgan fingerprint density at radius 1 is 1.35 bits per heavy atom. The van der Waals surface area contributed by atoms with Gasteiger partial charge in [0.15, 0.2) is 5.16 Å². The highest BCUT2D eigenvalue weighted by molar-refractivity contribution is 7.99. The summed E-state index contributed by atoms with van der Waals surface area (Å²) in [5.41, 5.74) is 2.74. The standard InChI is InChI=1S/C16H11ClN4OS/c17-12-7-11(6-5-10(12)8-18)19-15(22)9-23-16-20-13-3-1-2-4-14(13)21-16/h1-7H,9H2,(H,19,22)(H,20,21). The van der Waals surface area contributed by atoms with Gasteiger partial charge in [-0.15, -0.1) is 0 Å². The molecule has 1 amide bonds. The fraction of sp³-hybridized carbons (Fsp3) is 0.0625. The number of benzene rings is 2. The van der Waals surface area contributed by atoms with E-state index >= 15 is 0 Å². The molecule has 23 heavy (non-hydrogen) atoms. The van der Waals surface area contributed by atoms with Crippen LogP contribution in [-0.4, -0.2) is 21.6 Å². The van der Waals surface area contributed by atoms with Crippen molar-refractivity contribution in [1.82, 2.24) is 9.97 Å². The van der Waals surface area contributed by atoms with Crippen molar-refractivity contribution in [3.05, 3.63) is 53.1 Å². The molecule has 1 heterocycles. The topological polar surface area (TPSA) is 81.6 Å². The molecule has 0 saturated carbocycles. The average molecular weight is 343 g/mol. The van der Waals surface area contributed by atoms with Crippen LogP contribution in [0.15, 0.2) is 47.6 Å². The van der Waals surface area contributed by atoms with Gasteiger partial charge in [0.1, 0.15) is 6.07 Å². The van der Waals surface area contributed by atoms with Gasteiger partial charge < -0.3 is 10.3 Å². The van der Waals surface area contributed by atoms with Crippen LogP contribution in [0.5, 0.6) is 0 Å². The molecule has 7 heteroatoms. The summed E-state index contributed by atoms with van der Waals surface area (Å²) in [4.78, 5) is 19.5. The van der Waals surface area contributed by atoms with Crippen LogP contribution in [-0.2, 0) is 4.79 Å². The highest BCUT2D eigenvalue weighted by Gasteiger charge is 2.08. The van der Waals surface area contributed by atoms with Gasteiger partial charge >= 0.3 is 0 Å². The number of nitriles is 1. The molecular formula is C16H11ClN4OS. The van der Waals surface area contributed by atoms with E-state index in [4.69, 9.17) is 16.9 Å². The van der Waals surface area contributed by atoms with Crippen molar-refractivity contribution in [3.8, 4) is 6.07 Å². The van der Waals surface area contributed by atoms with Crippen LogP contribution in [0.4, 0.5) is 5.69 Å². The Labute approximate surface area is 141 Å². The number of amides is 1. The number of carbonyl (C=O) groups excluding carboxylic acids is 1. The molecule has 0 radical (unpaired) electrons. The lowest BCUT2D eigenvalue weighted by molar-refractivity contribution is -0.113. The molecule has 2 N–H and O–H groups in total. The second kappa shape index (κ2) is 6.73. The fourth-order valence-electron chi connectivity index (χ4n) is 2.01. The van der Waals surface area contributed by atoms with Crippen LogP contribution in [0.2, 0.25) is 5.02 Å². The second-order valence-electron chi connectivity index (χ2n) is 4.70. The molecule has 0 unspecified atom stereocenters. The van der Waals surface area contributed by atoms with Crippen LogP contribution in [0, 0.1) is 11.3 Å². The van der Waals surface area contributed by atoms with Crippen molar-refractivity contribution in [2.45, 2.75) is 5.16 Å². The normalized spacial score (nSPS) is 10.4. The Morgan fingerprint density at radius 3 is 2.91 bits per heavy atom. The molecular weight excluding hydrogens is 332 g/mol. The zero-order chi connectivity index (χ0) is 16.2. The quantitative estimate of drug-likeness (QED) is 0.706. The maximum atomic E-state index is 12.0. The fourth-order valence-corrected chi connectivity index (χ4v) is 2.92. The summed E-state index contributed by atoms with van der Waals surface area (Å²) in [7, 11) is 0. The third-order valence-corrected chi connectivity index (χ3v) is 4.27. The first-order chi connectivity index (χ1) is 11.2. The number of rotatable bonds is 4. The number of aromatic amines is 1. The molecule has 0 fully saturated rings. The van der Waals surface area contributed by atoms with Crippen molar-refractivity contribution in [1.29, 1.82) is 5.26 Å². The average Bonchev–Trinajstić information content (AvgIpc) is 2.96. The summed E-state index contributed by atoms with van der Waals surface area (Å²) in [5.74, 6) is 0.0495. The Bertz CT molecular complexity index is 883. The first kappa shape index (κ1) is 15.4. The number of halogens is 1. The summed E-state index contributed by atoms with van der Waals surface area (Å²) in [6.07, 6.45) is 0. The summed E-state index contributed by atoms with van der Waals surface area (Å²) in [6, 6.07) is 14.4. The number of anilines is 1. The van der Waals surface area contributed by atoms with E-state index in [1.54, 1.807) is 18.2 Å². The summed E-state index contributed by atoms with van der Waals surface area (Å²) in [5, 5.41) is 12.6. The maximum Gasteiger partial charge on any atom is 0.234 e. The number of hydrogen-bond donors (Lipinski definition) is 2. The lowest BCUT2D eigenvalue weighted by Crippen LogP contribution is -2.14. The van der Waals surface area contributed by atoms with Gasteiger partial charge in [0.2, 0.25) is 5.91 Å². The smallest absolute Gasteiger partial charge is 0.234 e. The van der Waals surface area contributed by atoms with Crippen LogP contribution in [0.25, 0.3) is 11.0 Å². The minimum Gasteiger partial charge on any atom is -0.333 e. The third-order valence-electron chi connectivity index (χ3n) is 3.08. The number of nitrogens with zero attached hydrogens (tertiary/aromatic N) is 2. The van der Waals surface area contributed by atoms with Gasteiger partial charge in [-0.05, 0) is 30.3 Å². The summed E-state index contributed by atoms with van der Waals surface area (Å²) in [6.45, 7) is 0. The molecule has 2 aromatic carbocycles.